The summed E-state index contributed by atoms with van der Waals surface area (Å²) in [4.78, 5) is 2.34. The smallest absolute Gasteiger partial charge is 0.0782 e. The Balaban J connectivity index is 2.20. The molecule has 0 saturated carbocycles. The predicted octanol–water partition coefficient (Wildman–Crippen LogP) is 2.98. The molecule has 100 valence electrons. The molecule has 0 radical (unpaired) electrons. The SMILES string of the molecule is COCC1CCN(c2cc(Br)ccc2C(C)O)C1. The number of hydrogen-bond acceptors (Lipinski definition) is 3. The fourth-order valence-corrected chi connectivity index (χ4v) is 2.92. The van der Waals surface area contributed by atoms with Crippen molar-refractivity contribution in [1.82, 2.24) is 0 Å². The van der Waals surface area contributed by atoms with Gasteiger partial charge >= 0.3 is 0 Å². The molecule has 2 rings (SSSR count). The van der Waals surface area contributed by atoms with E-state index in [1.165, 1.54) is 0 Å². The Labute approximate surface area is 117 Å². The molecule has 4 heteroatoms. The Kier molecular flexibility index (Phi) is 4.65. The summed E-state index contributed by atoms with van der Waals surface area (Å²) in [6, 6.07) is 6.07. The van der Waals surface area contributed by atoms with Crippen molar-refractivity contribution in [2.75, 3.05) is 31.7 Å². The Morgan fingerprint density at radius 1 is 1.56 bits per heavy atom. The molecule has 1 aliphatic rings. The molecule has 2 unspecified atom stereocenters. The van der Waals surface area contributed by atoms with E-state index in [0.717, 1.165) is 41.8 Å². The topological polar surface area (TPSA) is 32.7 Å². The number of methoxy groups -OCH3 is 1. The van der Waals surface area contributed by atoms with Crippen LogP contribution in [0.2, 0.25) is 0 Å². The highest BCUT2D eigenvalue weighted by Gasteiger charge is 2.25. The molecule has 0 bridgehead atoms. The standard InChI is InChI=1S/C14H20BrNO2/c1-10(17)13-4-3-12(15)7-14(13)16-6-5-11(8-16)9-18-2/h3-4,7,10-11,17H,5-6,8-9H2,1-2H3. The molecule has 3 nitrogen and oxygen atoms in total. The normalized spacial score (nSPS) is 21.3. The zero-order valence-electron chi connectivity index (χ0n) is 10.9. The van der Waals surface area contributed by atoms with Gasteiger partial charge in [0.05, 0.1) is 12.7 Å². The van der Waals surface area contributed by atoms with E-state index in [4.69, 9.17) is 4.74 Å². The van der Waals surface area contributed by atoms with Gasteiger partial charge < -0.3 is 14.7 Å². The molecule has 0 aromatic heterocycles. The highest BCUT2D eigenvalue weighted by Crippen LogP contribution is 2.33. The van der Waals surface area contributed by atoms with Crippen LogP contribution in [-0.4, -0.2) is 31.9 Å². The van der Waals surface area contributed by atoms with Crippen LogP contribution in [0.3, 0.4) is 0 Å². The predicted molar refractivity (Wildman–Crippen MR) is 77.0 cm³/mol. The lowest BCUT2D eigenvalue weighted by Gasteiger charge is -2.23. The molecular formula is C14H20BrNO2. The fraction of sp³-hybridized carbons (Fsp3) is 0.571. The van der Waals surface area contributed by atoms with Crippen molar-refractivity contribution >= 4 is 21.6 Å². The first-order valence-corrected chi connectivity index (χ1v) is 7.12. The number of rotatable bonds is 4. The van der Waals surface area contributed by atoms with Crippen LogP contribution in [-0.2, 0) is 4.74 Å². The van der Waals surface area contributed by atoms with E-state index in [-0.39, 0.29) is 0 Å². The van der Waals surface area contributed by atoms with E-state index in [1.807, 2.05) is 19.1 Å². The lowest BCUT2D eigenvalue weighted by molar-refractivity contribution is 0.161. The van der Waals surface area contributed by atoms with Crippen LogP contribution in [0.4, 0.5) is 5.69 Å². The molecule has 1 aromatic rings. The van der Waals surface area contributed by atoms with Gasteiger partial charge in [-0.25, -0.2) is 0 Å². The third kappa shape index (κ3) is 3.05. The highest BCUT2D eigenvalue weighted by atomic mass is 79.9. The minimum Gasteiger partial charge on any atom is -0.389 e. The summed E-state index contributed by atoms with van der Waals surface area (Å²) >= 11 is 3.51. The Morgan fingerprint density at radius 2 is 2.33 bits per heavy atom. The number of aliphatic hydroxyl groups excluding tert-OH is 1. The quantitative estimate of drug-likeness (QED) is 0.927. The average Bonchev–Trinajstić information content (AvgIpc) is 2.77. The molecular weight excluding hydrogens is 294 g/mol. The monoisotopic (exact) mass is 313 g/mol. The van der Waals surface area contributed by atoms with Gasteiger partial charge in [-0.2, -0.15) is 0 Å². The molecule has 0 amide bonds. The Hall–Kier alpha value is -0.580. The van der Waals surface area contributed by atoms with E-state index < -0.39 is 6.10 Å². The summed E-state index contributed by atoms with van der Waals surface area (Å²) in [6.07, 6.45) is 0.717. The fourth-order valence-electron chi connectivity index (χ4n) is 2.57. The molecule has 1 fully saturated rings. The van der Waals surface area contributed by atoms with Gasteiger partial charge in [0, 0.05) is 41.8 Å². The molecule has 1 aromatic carbocycles. The average molecular weight is 314 g/mol. The number of benzene rings is 1. The second kappa shape index (κ2) is 6.04. The second-order valence-electron chi connectivity index (χ2n) is 4.94. The summed E-state index contributed by atoms with van der Waals surface area (Å²) < 4.78 is 6.28. The van der Waals surface area contributed by atoms with Gasteiger partial charge in [0.25, 0.3) is 0 Å². The minimum atomic E-state index is -0.436. The lowest BCUT2D eigenvalue weighted by Crippen LogP contribution is -2.22. The third-order valence-corrected chi connectivity index (χ3v) is 3.96. The van der Waals surface area contributed by atoms with Crippen LogP contribution < -0.4 is 4.90 Å². The summed E-state index contributed by atoms with van der Waals surface area (Å²) in [6.45, 7) is 4.66. The van der Waals surface area contributed by atoms with Gasteiger partial charge in [-0.1, -0.05) is 22.0 Å². The summed E-state index contributed by atoms with van der Waals surface area (Å²) in [5.41, 5.74) is 2.13. The van der Waals surface area contributed by atoms with Crippen LogP contribution in [0.1, 0.15) is 25.0 Å². The van der Waals surface area contributed by atoms with Crippen molar-refractivity contribution < 1.29 is 9.84 Å². The molecule has 0 spiro atoms. The number of nitrogens with zero attached hydrogens (tertiary/aromatic N) is 1. The molecule has 1 saturated heterocycles. The van der Waals surface area contributed by atoms with E-state index in [0.29, 0.717) is 5.92 Å². The molecule has 18 heavy (non-hydrogen) atoms. The maximum atomic E-state index is 9.86. The lowest BCUT2D eigenvalue weighted by atomic mass is 10.1. The number of hydrogen-bond donors (Lipinski definition) is 1. The minimum absolute atomic E-state index is 0.436. The van der Waals surface area contributed by atoms with Crippen LogP contribution in [0.15, 0.2) is 22.7 Å². The van der Waals surface area contributed by atoms with Crippen LogP contribution in [0.5, 0.6) is 0 Å². The van der Waals surface area contributed by atoms with Gasteiger partial charge in [-0.15, -0.1) is 0 Å². The summed E-state index contributed by atoms with van der Waals surface area (Å²) in [5, 5.41) is 9.86. The second-order valence-corrected chi connectivity index (χ2v) is 5.85. The maximum absolute atomic E-state index is 9.86. The van der Waals surface area contributed by atoms with Crippen molar-refractivity contribution in [3.05, 3.63) is 28.2 Å². The van der Waals surface area contributed by atoms with Crippen molar-refractivity contribution in [2.24, 2.45) is 5.92 Å². The van der Waals surface area contributed by atoms with E-state index in [1.54, 1.807) is 7.11 Å². The van der Waals surface area contributed by atoms with E-state index in [2.05, 4.69) is 26.9 Å². The van der Waals surface area contributed by atoms with E-state index in [9.17, 15) is 5.11 Å². The van der Waals surface area contributed by atoms with Crippen molar-refractivity contribution in [1.29, 1.82) is 0 Å². The van der Waals surface area contributed by atoms with Crippen LogP contribution in [0, 0.1) is 5.92 Å². The Bertz CT molecular complexity index is 409. The zero-order valence-corrected chi connectivity index (χ0v) is 12.5. The summed E-state index contributed by atoms with van der Waals surface area (Å²) in [7, 11) is 1.75. The first-order chi connectivity index (χ1) is 8.61. The van der Waals surface area contributed by atoms with Gasteiger partial charge in [-0.05, 0) is 25.5 Å². The molecule has 1 aliphatic heterocycles. The molecule has 1 N–H and O–H groups in total. The van der Waals surface area contributed by atoms with Crippen molar-refractivity contribution in [3.63, 3.8) is 0 Å². The third-order valence-electron chi connectivity index (χ3n) is 3.47. The van der Waals surface area contributed by atoms with Gasteiger partial charge in [0.15, 0.2) is 0 Å². The van der Waals surface area contributed by atoms with Crippen molar-refractivity contribution in [3.8, 4) is 0 Å². The first kappa shape index (κ1) is 13.8. The number of halogens is 1. The van der Waals surface area contributed by atoms with Crippen LogP contribution >= 0.6 is 15.9 Å². The largest absolute Gasteiger partial charge is 0.389 e. The number of aliphatic hydroxyl groups is 1. The van der Waals surface area contributed by atoms with Gasteiger partial charge in [0.1, 0.15) is 0 Å². The van der Waals surface area contributed by atoms with Gasteiger partial charge in [-0.3, -0.25) is 0 Å². The van der Waals surface area contributed by atoms with Crippen LogP contribution in [0.25, 0.3) is 0 Å². The number of ether oxygens (including phenoxy) is 1. The molecule has 2 atom stereocenters. The highest BCUT2D eigenvalue weighted by molar-refractivity contribution is 9.10. The summed E-state index contributed by atoms with van der Waals surface area (Å²) in [5.74, 6) is 0.593. The van der Waals surface area contributed by atoms with Crippen molar-refractivity contribution in [2.45, 2.75) is 19.4 Å². The Morgan fingerprint density at radius 3 is 3.00 bits per heavy atom. The zero-order chi connectivity index (χ0) is 13.1. The van der Waals surface area contributed by atoms with Gasteiger partial charge in [0.2, 0.25) is 0 Å². The molecule has 1 heterocycles. The molecule has 0 aliphatic carbocycles. The van der Waals surface area contributed by atoms with E-state index >= 15 is 0 Å². The number of anilines is 1. The first-order valence-electron chi connectivity index (χ1n) is 6.33. The maximum Gasteiger partial charge on any atom is 0.0782 e.